The lowest BCUT2D eigenvalue weighted by Gasteiger charge is -2.36. The zero-order valence-corrected chi connectivity index (χ0v) is 15.3. The summed E-state index contributed by atoms with van der Waals surface area (Å²) in [4.78, 5) is 0. The molecule has 0 fully saturated rings. The van der Waals surface area contributed by atoms with Gasteiger partial charge in [-0.1, -0.05) is 27.4 Å². The van der Waals surface area contributed by atoms with Crippen LogP contribution in [0.1, 0.15) is 34.6 Å². The molecule has 0 atom stereocenters. The molecule has 112 valence electrons. The Hall–Kier alpha value is -0.153. The van der Waals surface area contributed by atoms with E-state index in [4.69, 9.17) is 13.5 Å². The minimum absolute atomic E-state index is 0.175. The average molecular weight is 304 g/mol. The number of rotatable bonds is 8. The van der Waals surface area contributed by atoms with E-state index < -0.39 is 16.7 Å². The highest BCUT2D eigenvalue weighted by molar-refractivity contribution is 7.50. The van der Waals surface area contributed by atoms with Gasteiger partial charge in [0.1, 0.15) is 0 Å². The van der Waals surface area contributed by atoms with Crippen molar-refractivity contribution in [1.82, 2.24) is 0 Å². The highest BCUT2D eigenvalue weighted by Gasteiger charge is 2.38. The van der Waals surface area contributed by atoms with Crippen molar-refractivity contribution in [2.75, 3.05) is 13.2 Å². The van der Waals surface area contributed by atoms with Gasteiger partial charge in [-0.3, -0.25) is 0 Å². The van der Waals surface area contributed by atoms with Gasteiger partial charge in [0.05, 0.1) is 19.0 Å². The van der Waals surface area contributed by atoms with Gasteiger partial charge < -0.3 is 13.5 Å². The molecule has 0 radical (unpaired) electrons. The molecule has 0 unspecified atom stereocenters. The second kappa shape index (κ2) is 8.20. The third kappa shape index (κ3) is 7.26. The monoisotopic (exact) mass is 304 g/mol. The minimum atomic E-state index is -1.80. The summed E-state index contributed by atoms with van der Waals surface area (Å²) in [6, 6.07) is 0. The number of allylic oxidation sites excluding steroid dienone is 1. The SMILES string of the molecule is C=C(C=CP(OCC)OCC)O[Si](C)(C)C(C)(C)C. The van der Waals surface area contributed by atoms with Gasteiger partial charge in [0, 0.05) is 0 Å². The zero-order valence-electron chi connectivity index (χ0n) is 13.4. The molecule has 19 heavy (non-hydrogen) atoms. The molecule has 0 aliphatic carbocycles. The van der Waals surface area contributed by atoms with Crippen LogP contribution in [0.4, 0.5) is 0 Å². The average Bonchev–Trinajstić information content (AvgIpc) is 2.24. The van der Waals surface area contributed by atoms with Crippen LogP contribution in [0.2, 0.25) is 18.1 Å². The molecule has 0 spiro atoms. The Morgan fingerprint density at radius 2 is 1.63 bits per heavy atom. The second-order valence-electron chi connectivity index (χ2n) is 5.77. The molecule has 0 saturated carbocycles. The third-order valence-corrected chi connectivity index (χ3v) is 8.89. The van der Waals surface area contributed by atoms with Gasteiger partial charge >= 0.3 is 0 Å². The molecular weight excluding hydrogens is 275 g/mol. The molecule has 0 aliphatic rings. The van der Waals surface area contributed by atoms with Crippen LogP contribution in [-0.2, 0) is 13.5 Å². The van der Waals surface area contributed by atoms with Crippen molar-refractivity contribution in [3.63, 3.8) is 0 Å². The molecule has 0 bridgehead atoms. The summed E-state index contributed by atoms with van der Waals surface area (Å²) in [6.07, 6.45) is 1.87. The van der Waals surface area contributed by atoms with E-state index in [0.717, 1.165) is 0 Å². The highest BCUT2D eigenvalue weighted by atomic mass is 31.2. The van der Waals surface area contributed by atoms with Crippen molar-refractivity contribution in [3.05, 3.63) is 24.2 Å². The third-order valence-electron chi connectivity index (χ3n) is 3.09. The van der Waals surface area contributed by atoms with Gasteiger partial charge in [0.2, 0.25) is 8.32 Å². The van der Waals surface area contributed by atoms with Crippen molar-refractivity contribution in [2.45, 2.75) is 52.8 Å². The van der Waals surface area contributed by atoms with E-state index >= 15 is 0 Å². The Morgan fingerprint density at radius 3 is 2.00 bits per heavy atom. The number of hydrogen-bond donors (Lipinski definition) is 0. The Labute approximate surface area is 121 Å². The molecule has 0 saturated heterocycles. The summed E-state index contributed by atoms with van der Waals surface area (Å²) >= 11 is 0. The maximum atomic E-state index is 6.07. The van der Waals surface area contributed by atoms with E-state index in [1.54, 1.807) is 0 Å². The zero-order chi connectivity index (χ0) is 15.1. The van der Waals surface area contributed by atoms with Gasteiger partial charge in [0.25, 0.3) is 0 Å². The lowest BCUT2D eigenvalue weighted by Crippen LogP contribution is -2.40. The van der Waals surface area contributed by atoms with Crippen LogP contribution in [0.3, 0.4) is 0 Å². The maximum absolute atomic E-state index is 6.07. The molecule has 0 aromatic rings. The van der Waals surface area contributed by atoms with Crippen molar-refractivity contribution in [3.8, 4) is 0 Å². The van der Waals surface area contributed by atoms with Crippen LogP contribution < -0.4 is 0 Å². The highest BCUT2D eigenvalue weighted by Crippen LogP contribution is 2.41. The van der Waals surface area contributed by atoms with Gasteiger partial charge in [-0.05, 0) is 43.9 Å². The largest absolute Gasteiger partial charge is 0.544 e. The van der Waals surface area contributed by atoms with Crippen LogP contribution >= 0.6 is 8.38 Å². The molecule has 0 N–H and O–H groups in total. The van der Waals surface area contributed by atoms with Gasteiger partial charge in [0.15, 0.2) is 8.38 Å². The molecule has 0 aromatic carbocycles. The van der Waals surface area contributed by atoms with Crippen molar-refractivity contribution in [1.29, 1.82) is 0 Å². The Morgan fingerprint density at radius 1 is 1.16 bits per heavy atom. The minimum Gasteiger partial charge on any atom is -0.544 e. The summed E-state index contributed by atoms with van der Waals surface area (Å²) in [6.45, 7) is 20.2. The molecule has 0 amide bonds. The predicted octanol–water partition coefficient (Wildman–Crippen LogP) is 5.42. The first-order valence-electron chi connectivity index (χ1n) is 6.75. The fourth-order valence-electron chi connectivity index (χ4n) is 1.04. The van der Waals surface area contributed by atoms with Crippen LogP contribution in [0.15, 0.2) is 24.2 Å². The summed E-state index contributed by atoms with van der Waals surface area (Å²) in [5.74, 6) is 2.61. The maximum Gasteiger partial charge on any atom is 0.250 e. The van der Waals surface area contributed by atoms with Crippen molar-refractivity contribution >= 4 is 16.7 Å². The molecule has 0 aliphatic heterocycles. The standard InChI is InChI=1S/C14H29O3PSi/c1-9-15-18(16-10-2)12-11-13(3)17-19(7,8)14(4,5)6/h11-12H,3,9-10H2,1-2,4-8H3. The fraction of sp³-hybridized carbons (Fsp3) is 0.714. The summed E-state index contributed by atoms with van der Waals surface area (Å²) in [7, 11) is -2.77. The topological polar surface area (TPSA) is 27.7 Å². The van der Waals surface area contributed by atoms with E-state index in [9.17, 15) is 0 Å². The predicted molar refractivity (Wildman–Crippen MR) is 86.7 cm³/mol. The van der Waals surface area contributed by atoms with E-state index in [-0.39, 0.29) is 5.04 Å². The first-order valence-corrected chi connectivity index (χ1v) is 10.9. The van der Waals surface area contributed by atoms with Gasteiger partial charge in [-0.15, -0.1) is 0 Å². The first-order chi connectivity index (χ1) is 8.64. The van der Waals surface area contributed by atoms with E-state index in [1.165, 1.54) is 0 Å². The normalized spacial score (nSPS) is 13.3. The lowest BCUT2D eigenvalue weighted by atomic mass is 10.2. The summed E-state index contributed by atoms with van der Waals surface area (Å²) in [5, 5.41) is 0.175. The molecular formula is C14H29O3PSi. The van der Waals surface area contributed by atoms with Crippen LogP contribution in [0.25, 0.3) is 0 Å². The van der Waals surface area contributed by atoms with Gasteiger partial charge in [-0.25, -0.2) is 0 Å². The van der Waals surface area contributed by atoms with E-state index in [2.05, 4.69) is 40.4 Å². The molecule has 0 heterocycles. The smallest absolute Gasteiger partial charge is 0.250 e. The fourth-order valence-corrected chi connectivity index (χ4v) is 3.11. The summed E-state index contributed by atoms with van der Waals surface area (Å²) < 4.78 is 17.1. The van der Waals surface area contributed by atoms with E-state index in [0.29, 0.717) is 19.0 Å². The van der Waals surface area contributed by atoms with Crippen LogP contribution in [0.5, 0.6) is 0 Å². The number of hydrogen-bond acceptors (Lipinski definition) is 3. The molecule has 0 rings (SSSR count). The second-order valence-corrected chi connectivity index (χ2v) is 11.9. The van der Waals surface area contributed by atoms with E-state index in [1.807, 2.05) is 25.7 Å². The lowest BCUT2D eigenvalue weighted by molar-refractivity contribution is 0.276. The first kappa shape index (κ1) is 18.8. The Balaban J connectivity index is 4.52. The Bertz CT molecular complexity index is 302. The Kier molecular flexibility index (Phi) is 8.14. The van der Waals surface area contributed by atoms with Crippen LogP contribution in [-0.4, -0.2) is 21.5 Å². The summed E-state index contributed by atoms with van der Waals surface area (Å²) in [5.41, 5.74) is 0. The molecule has 5 heteroatoms. The molecule has 0 aromatic heterocycles. The van der Waals surface area contributed by atoms with Gasteiger partial charge in [-0.2, -0.15) is 0 Å². The molecule has 3 nitrogen and oxygen atoms in total. The quantitative estimate of drug-likeness (QED) is 0.259. The van der Waals surface area contributed by atoms with Crippen molar-refractivity contribution in [2.24, 2.45) is 0 Å². The van der Waals surface area contributed by atoms with Crippen molar-refractivity contribution < 1.29 is 13.5 Å². The van der Waals surface area contributed by atoms with Crippen LogP contribution in [0, 0.1) is 0 Å².